The van der Waals surface area contributed by atoms with Gasteiger partial charge in [0.15, 0.2) is 17.3 Å². The highest BCUT2D eigenvalue weighted by atomic mass is 19.2. The number of aromatic nitrogens is 4. The summed E-state index contributed by atoms with van der Waals surface area (Å²) in [5, 5.41) is 7.03. The normalized spacial score (nSPS) is 11.1. The molecule has 0 radical (unpaired) electrons. The highest BCUT2D eigenvalue weighted by Crippen LogP contribution is 2.10. The highest BCUT2D eigenvalue weighted by Gasteiger charge is 2.12. The third kappa shape index (κ3) is 4.32. The zero-order valence-corrected chi connectivity index (χ0v) is 16.1. The fraction of sp³-hybridized carbons (Fsp3) is 0.143. The monoisotopic (exact) mass is 427 g/mol. The van der Waals surface area contributed by atoms with Gasteiger partial charge in [0.2, 0.25) is 0 Å². The minimum absolute atomic E-state index is 0.00831. The zero-order valence-electron chi connectivity index (χ0n) is 16.1. The maximum Gasteiger partial charge on any atom is 0.264 e. The van der Waals surface area contributed by atoms with Crippen molar-refractivity contribution in [2.75, 3.05) is 6.54 Å². The summed E-state index contributed by atoms with van der Waals surface area (Å²) in [5.41, 5.74) is 0.789. The van der Waals surface area contributed by atoms with Gasteiger partial charge in [-0.05, 0) is 35.9 Å². The predicted octanol–water partition coefficient (Wildman–Crippen LogP) is 2.49. The van der Waals surface area contributed by atoms with Crippen LogP contribution in [0.3, 0.4) is 0 Å². The molecule has 31 heavy (non-hydrogen) atoms. The van der Waals surface area contributed by atoms with Crippen LogP contribution in [0.25, 0.3) is 11.0 Å². The quantitative estimate of drug-likeness (QED) is 0.513. The Morgan fingerprint density at radius 3 is 2.55 bits per heavy atom. The van der Waals surface area contributed by atoms with Crippen molar-refractivity contribution in [1.29, 1.82) is 0 Å². The number of hydrogen-bond donors (Lipinski definition) is 1. The smallest absolute Gasteiger partial charge is 0.264 e. The van der Waals surface area contributed by atoms with Gasteiger partial charge >= 0.3 is 0 Å². The van der Waals surface area contributed by atoms with Gasteiger partial charge in [0.25, 0.3) is 11.5 Å². The molecule has 0 aliphatic rings. The maximum atomic E-state index is 13.3. The van der Waals surface area contributed by atoms with Gasteiger partial charge in [-0.2, -0.15) is 5.10 Å². The SMILES string of the molecule is O=C(NCCn1ncc2c(=O)n(Cc3ccc(F)cc3)cnc21)c1ccc(F)c(F)c1. The van der Waals surface area contributed by atoms with Crippen molar-refractivity contribution >= 4 is 16.9 Å². The summed E-state index contributed by atoms with van der Waals surface area (Å²) in [6.45, 7) is 0.583. The molecule has 0 spiro atoms. The minimum Gasteiger partial charge on any atom is -0.350 e. The summed E-state index contributed by atoms with van der Waals surface area (Å²) in [6, 6.07) is 8.70. The van der Waals surface area contributed by atoms with Crippen molar-refractivity contribution in [1.82, 2.24) is 24.6 Å². The second kappa shape index (κ2) is 8.42. The van der Waals surface area contributed by atoms with Gasteiger partial charge in [-0.1, -0.05) is 12.1 Å². The summed E-state index contributed by atoms with van der Waals surface area (Å²) < 4.78 is 42.1. The summed E-state index contributed by atoms with van der Waals surface area (Å²) in [6.07, 6.45) is 2.77. The second-order valence-corrected chi connectivity index (χ2v) is 6.79. The molecule has 1 N–H and O–H groups in total. The van der Waals surface area contributed by atoms with Crippen molar-refractivity contribution in [3.63, 3.8) is 0 Å². The van der Waals surface area contributed by atoms with E-state index in [1.165, 1.54) is 40.0 Å². The molecule has 0 unspecified atom stereocenters. The molecular formula is C21H16F3N5O2. The summed E-state index contributed by atoms with van der Waals surface area (Å²) in [7, 11) is 0. The van der Waals surface area contributed by atoms with Crippen molar-refractivity contribution in [2.24, 2.45) is 0 Å². The van der Waals surface area contributed by atoms with Crippen molar-refractivity contribution in [2.45, 2.75) is 13.1 Å². The standard InChI is InChI=1S/C21H16F3N5O2/c22-15-4-1-13(2-5-15)11-28-12-26-19-16(21(28)31)10-27-29(19)8-7-25-20(30)14-3-6-17(23)18(24)9-14/h1-6,9-10,12H,7-8,11H2,(H,25,30). The van der Waals surface area contributed by atoms with E-state index in [2.05, 4.69) is 15.4 Å². The van der Waals surface area contributed by atoms with Gasteiger partial charge in [-0.25, -0.2) is 22.8 Å². The fourth-order valence-corrected chi connectivity index (χ4v) is 3.08. The van der Waals surface area contributed by atoms with E-state index in [1.54, 1.807) is 12.1 Å². The van der Waals surface area contributed by atoms with Gasteiger partial charge in [-0.15, -0.1) is 0 Å². The first kappa shape index (κ1) is 20.3. The Labute approximate surface area is 173 Å². The Morgan fingerprint density at radius 2 is 1.81 bits per heavy atom. The topological polar surface area (TPSA) is 81.8 Å². The van der Waals surface area contributed by atoms with Crippen LogP contribution >= 0.6 is 0 Å². The van der Waals surface area contributed by atoms with E-state index in [4.69, 9.17) is 0 Å². The first-order valence-corrected chi connectivity index (χ1v) is 9.31. The molecule has 158 valence electrons. The average Bonchev–Trinajstić information content (AvgIpc) is 3.17. The van der Waals surface area contributed by atoms with E-state index in [0.717, 1.165) is 17.7 Å². The molecule has 0 saturated carbocycles. The Hall–Kier alpha value is -3.95. The number of rotatable bonds is 6. The molecule has 2 aromatic heterocycles. The molecule has 0 atom stereocenters. The fourth-order valence-electron chi connectivity index (χ4n) is 3.08. The van der Waals surface area contributed by atoms with Crippen LogP contribution in [0.15, 0.2) is 59.8 Å². The molecule has 0 aliphatic heterocycles. The Balaban J connectivity index is 1.44. The lowest BCUT2D eigenvalue weighted by Crippen LogP contribution is -2.28. The molecule has 1 amide bonds. The van der Waals surface area contributed by atoms with Gasteiger partial charge < -0.3 is 5.32 Å². The van der Waals surface area contributed by atoms with Crippen LogP contribution in [0.5, 0.6) is 0 Å². The number of nitrogens with zero attached hydrogens (tertiary/aromatic N) is 4. The summed E-state index contributed by atoms with van der Waals surface area (Å²) in [5.74, 6) is -3.06. The van der Waals surface area contributed by atoms with Crippen LogP contribution in [0.4, 0.5) is 13.2 Å². The van der Waals surface area contributed by atoms with Gasteiger partial charge in [0, 0.05) is 12.1 Å². The number of amides is 1. The van der Waals surface area contributed by atoms with E-state index < -0.39 is 17.5 Å². The van der Waals surface area contributed by atoms with Crippen LogP contribution in [0.2, 0.25) is 0 Å². The molecular weight excluding hydrogens is 411 g/mol. The molecule has 0 fully saturated rings. The predicted molar refractivity (Wildman–Crippen MR) is 106 cm³/mol. The van der Waals surface area contributed by atoms with Crippen LogP contribution in [0, 0.1) is 17.5 Å². The number of carbonyl (C=O) groups is 1. The van der Waals surface area contributed by atoms with Crippen LogP contribution < -0.4 is 10.9 Å². The van der Waals surface area contributed by atoms with Gasteiger partial charge in [-0.3, -0.25) is 14.2 Å². The lowest BCUT2D eigenvalue weighted by molar-refractivity contribution is 0.0951. The second-order valence-electron chi connectivity index (χ2n) is 6.79. The molecule has 0 bridgehead atoms. The largest absolute Gasteiger partial charge is 0.350 e. The van der Waals surface area contributed by atoms with E-state index in [1.807, 2.05) is 0 Å². The molecule has 10 heteroatoms. The average molecular weight is 427 g/mol. The first-order chi connectivity index (χ1) is 14.9. The Bertz CT molecular complexity index is 1320. The lowest BCUT2D eigenvalue weighted by atomic mass is 10.2. The van der Waals surface area contributed by atoms with Gasteiger partial charge in [0.05, 0.1) is 19.3 Å². The number of fused-ring (bicyclic) bond motifs is 1. The third-order valence-corrected chi connectivity index (χ3v) is 4.68. The third-order valence-electron chi connectivity index (χ3n) is 4.68. The van der Waals surface area contributed by atoms with Crippen molar-refractivity contribution in [3.05, 3.63) is 93.9 Å². The van der Waals surface area contributed by atoms with E-state index in [0.29, 0.717) is 11.0 Å². The minimum atomic E-state index is -1.10. The van der Waals surface area contributed by atoms with Crippen LogP contribution in [-0.4, -0.2) is 31.8 Å². The number of benzene rings is 2. The molecule has 7 nitrogen and oxygen atoms in total. The molecule has 4 rings (SSSR count). The molecule has 0 saturated heterocycles. The van der Waals surface area contributed by atoms with Crippen molar-refractivity contribution < 1.29 is 18.0 Å². The zero-order chi connectivity index (χ0) is 22.0. The first-order valence-electron chi connectivity index (χ1n) is 9.31. The maximum absolute atomic E-state index is 13.3. The lowest BCUT2D eigenvalue weighted by Gasteiger charge is -2.08. The number of hydrogen-bond acceptors (Lipinski definition) is 4. The number of carbonyl (C=O) groups excluding carboxylic acids is 1. The molecule has 4 aromatic rings. The summed E-state index contributed by atoms with van der Waals surface area (Å²) >= 11 is 0. The summed E-state index contributed by atoms with van der Waals surface area (Å²) in [4.78, 5) is 29.0. The van der Waals surface area contributed by atoms with Crippen LogP contribution in [-0.2, 0) is 13.1 Å². The highest BCUT2D eigenvalue weighted by molar-refractivity contribution is 5.94. The molecule has 2 aromatic carbocycles. The number of nitrogens with one attached hydrogen (secondary N) is 1. The van der Waals surface area contributed by atoms with Crippen LogP contribution in [0.1, 0.15) is 15.9 Å². The van der Waals surface area contributed by atoms with E-state index in [9.17, 15) is 22.8 Å². The van der Waals surface area contributed by atoms with Crippen molar-refractivity contribution in [3.8, 4) is 0 Å². The van der Waals surface area contributed by atoms with E-state index in [-0.39, 0.29) is 36.6 Å². The Kier molecular flexibility index (Phi) is 5.52. The molecule has 2 heterocycles. The van der Waals surface area contributed by atoms with Gasteiger partial charge in [0.1, 0.15) is 17.5 Å². The molecule has 0 aliphatic carbocycles. The van der Waals surface area contributed by atoms with E-state index >= 15 is 0 Å². The Morgan fingerprint density at radius 1 is 1.03 bits per heavy atom. The number of halogens is 3.